The van der Waals surface area contributed by atoms with Gasteiger partial charge in [0.05, 0.1) is 12.7 Å². The van der Waals surface area contributed by atoms with Gasteiger partial charge in [0, 0.05) is 15.4 Å². The summed E-state index contributed by atoms with van der Waals surface area (Å²) in [6.45, 7) is -0.431. The molecule has 3 aromatic rings. The molecule has 1 aliphatic rings. The predicted octanol–water partition coefficient (Wildman–Crippen LogP) is 3.65. The number of hydrogen-bond acceptors (Lipinski definition) is 6. The van der Waals surface area contributed by atoms with Crippen molar-refractivity contribution < 1.29 is 29.0 Å². The zero-order valence-electron chi connectivity index (χ0n) is 17.9. The van der Waals surface area contributed by atoms with Crippen LogP contribution in [0.2, 0.25) is 0 Å². The van der Waals surface area contributed by atoms with Gasteiger partial charge in [0.1, 0.15) is 18.0 Å². The van der Waals surface area contributed by atoms with Crippen LogP contribution in [-0.2, 0) is 9.59 Å². The number of nitrogens with one attached hydrogen (secondary N) is 2. The number of anilines is 1. The smallest absolute Gasteiger partial charge is 0.335 e. The number of nitrogens with zero attached hydrogens (tertiary/aromatic N) is 1. The lowest BCUT2D eigenvalue weighted by molar-refractivity contribution is -0.127. The lowest BCUT2D eigenvalue weighted by atomic mass is 10.1. The maximum atomic E-state index is 12.7. The average Bonchev–Trinajstić information content (AvgIpc) is 3.40. The molecule has 1 aliphatic heterocycles. The van der Waals surface area contributed by atoms with E-state index in [1.54, 1.807) is 48.5 Å². The number of amides is 4. The molecule has 4 rings (SSSR count). The van der Waals surface area contributed by atoms with Crippen LogP contribution in [0.1, 0.15) is 15.2 Å². The van der Waals surface area contributed by atoms with Gasteiger partial charge in [-0.25, -0.2) is 14.5 Å². The number of hydrogen-bond donors (Lipinski definition) is 3. The minimum atomic E-state index is -0.999. The Bertz CT molecular complexity index is 1300. The van der Waals surface area contributed by atoms with Crippen LogP contribution in [0.4, 0.5) is 10.5 Å². The average molecular weight is 477 g/mol. The van der Waals surface area contributed by atoms with Crippen molar-refractivity contribution in [3.63, 3.8) is 0 Å². The molecule has 172 valence electrons. The van der Waals surface area contributed by atoms with Gasteiger partial charge >= 0.3 is 12.0 Å². The molecule has 1 saturated heterocycles. The van der Waals surface area contributed by atoms with Crippen molar-refractivity contribution in [3.8, 4) is 16.2 Å². The Kier molecular flexibility index (Phi) is 6.42. The third-order valence-corrected chi connectivity index (χ3v) is 6.05. The fourth-order valence-electron chi connectivity index (χ4n) is 3.24. The first-order valence-electron chi connectivity index (χ1n) is 10.1. The lowest BCUT2D eigenvalue weighted by Gasteiger charge is -2.12. The molecule has 4 amide bonds. The third kappa shape index (κ3) is 4.97. The van der Waals surface area contributed by atoms with Gasteiger partial charge in [-0.15, -0.1) is 11.3 Å². The van der Waals surface area contributed by atoms with Gasteiger partial charge in [0.15, 0.2) is 0 Å². The highest BCUT2D eigenvalue weighted by Gasteiger charge is 2.35. The molecule has 34 heavy (non-hydrogen) atoms. The summed E-state index contributed by atoms with van der Waals surface area (Å²) in [5, 5.41) is 14.2. The van der Waals surface area contributed by atoms with Crippen molar-refractivity contribution in [1.82, 2.24) is 10.2 Å². The van der Waals surface area contributed by atoms with Gasteiger partial charge in [-0.2, -0.15) is 0 Å². The summed E-state index contributed by atoms with van der Waals surface area (Å²) in [6.07, 6.45) is 1.54. The molecule has 3 N–H and O–H groups in total. The monoisotopic (exact) mass is 477 g/mol. The minimum absolute atomic E-state index is 0.0665. The van der Waals surface area contributed by atoms with E-state index in [2.05, 4.69) is 10.6 Å². The number of carboxylic acid groups (broad SMARTS) is 1. The Labute approximate surface area is 198 Å². The van der Waals surface area contributed by atoms with Crippen molar-refractivity contribution in [3.05, 3.63) is 76.8 Å². The van der Waals surface area contributed by atoms with Gasteiger partial charge in [-0.05, 0) is 60.2 Å². The molecule has 1 fully saturated rings. The molecule has 1 aromatic heterocycles. The number of urea groups is 1. The summed E-state index contributed by atoms with van der Waals surface area (Å²) < 4.78 is 5.07. The van der Waals surface area contributed by atoms with Gasteiger partial charge in [0.2, 0.25) is 5.91 Å². The Morgan fingerprint density at radius 1 is 1.06 bits per heavy atom. The first kappa shape index (κ1) is 22.7. The van der Waals surface area contributed by atoms with Crippen LogP contribution in [-0.4, -0.2) is 47.5 Å². The van der Waals surface area contributed by atoms with Crippen molar-refractivity contribution in [2.24, 2.45) is 0 Å². The maximum absolute atomic E-state index is 12.7. The van der Waals surface area contributed by atoms with Gasteiger partial charge in [0.25, 0.3) is 5.91 Å². The topological polar surface area (TPSA) is 125 Å². The molecule has 0 unspecified atom stereocenters. The van der Waals surface area contributed by atoms with Crippen molar-refractivity contribution in [2.45, 2.75) is 0 Å². The van der Waals surface area contributed by atoms with Gasteiger partial charge in [-0.1, -0.05) is 12.1 Å². The van der Waals surface area contributed by atoms with E-state index < -0.39 is 30.4 Å². The van der Waals surface area contributed by atoms with Gasteiger partial charge in [-0.3, -0.25) is 9.59 Å². The molecule has 0 saturated carbocycles. The number of carboxylic acids is 1. The summed E-state index contributed by atoms with van der Waals surface area (Å²) >= 11 is 1.37. The normalized spacial score (nSPS) is 14.3. The van der Waals surface area contributed by atoms with E-state index in [1.807, 2.05) is 6.07 Å². The molecule has 0 aliphatic carbocycles. The number of benzene rings is 2. The molecular weight excluding hydrogens is 458 g/mol. The van der Waals surface area contributed by atoms with E-state index in [9.17, 15) is 19.2 Å². The standard InChI is InChI=1S/C24H19N3O6S/c1-33-17-8-6-16(7-9-17)25-21(28)13-27-22(29)19(26-24(27)32)12-18-10-11-20(34-18)14-2-4-15(5-3-14)23(30)31/h2-12H,13H2,1H3,(H,25,28)(H,26,32)(H,30,31). The minimum Gasteiger partial charge on any atom is -0.497 e. The number of carbonyl (C=O) groups excluding carboxylic acids is 3. The summed E-state index contributed by atoms with van der Waals surface area (Å²) in [4.78, 5) is 50.7. The molecule has 2 aromatic carbocycles. The maximum Gasteiger partial charge on any atom is 0.335 e. The van der Waals surface area contributed by atoms with E-state index in [0.717, 1.165) is 15.3 Å². The first-order valence-corrected chi connectivity index (χ1v) is 10.9. The highest BCUT2D eigenvalue weighted by atomic mass is 32.1. The third-order valence-electron chi connectivity index (χ3n) is 4.97. The summed E-state index contributed by atoms with van der Waals surface area (Å²) in [5.41, 5.74) is 1.60. The van der Waals surface area contributed by atoms with Crippen LogP contribution in [0.3, 0.4) is 0 Å². The highest BCUT2D eigenvalue weighted by Crippen LogP contribution is 2.30. The predicted molar refractivity (Wildman–Crippen MR) is 127 cm³/mol. The fraction of sp³-hybridized carbons (Fsp3) is 0.0833. The number of methoxy groups -OCH3 is 1. The van der Waals surface area contributed by atoms with Crippen LogP contribution in [0.15, 0.2) is 66.4 Å². The number of aromatic carboxylic acids is 1. The highest BCUT2D eigenvalue weighted by molar-refractivity contribution is 7.16. The van der Waals surface area contributed by atoms with Gasteiger partial charge < -0.3 is 20.5 Å². The number of rotatable bonds is 7. The molecule has 2 heterocycles. The van der Waals surface area contributed by atoms with E-state index in [1.165, 1.54) is 30.6 Å². The fourth-order valence-corrected chi connectivity index (χ4v) is 4.20. The number of thiophene rings is 1. The van der Waals surface area contributed by atoms with Crippen LogP contribution in [0, 0.1) is 0 Å². The Morgan fingerprint density at radius 3 is 2.41 bits per heavy atom. The molecular formula is C24H19N3O6S. The van der Waals surface area contributed by atoms with Crippen molar-refractivity contribution in [1.29, 1.82) is 0 Å². The SMILES string of the molecule is COc1ccc(NC(=O)CN2C(=O)NC(=Cc3ccc(-c4ccc(C(=O)O)cc4)s3)C2=O)cc1. The van der Waals surface area contributed by atoms with E-state index in [0.29, 0.717) is 16.3 Å². The van der Waals surface area contributed by atoms with E-state index >= 15 is 0 Å². The van der Waals surface area contributed by atoms with E-state index in [-0.39, 0.29) is 11.3 Å². The summed E-state index contributed by atoms with van der Waals surface area (Å²) in [7, 11) is 1.53. The molecule has 0 atom stereocenters. The summed E-state index contributed by atoms with van der Waals surface area (Å²) in [5.74, 6) is -1.48. The number of ether oxygens (including phenoxy) is 1. The zero-order valence-corrected chi connectivity index (χ0v) is 18.7. The molecule has 10 heteroatoms. The molecule has 0 spiro atoms. The first-order chi connectivity index (χ1) is 16.3. The van der Waals surface area contributed by atoms with Crippen molar-refractivity contribution >= 4 is 46.9 Å². The number of carbonyl (C=O) groups is 4. The Balaban J connectivity index is 1.42. The molecule has 0 radical (unpaired) electrons. The largest absolute Gasteiger partial charge is 0.497 e. The second kappa shape index (κ2) is 9.59. The van der Waals surface area contributed by atoms with Crippen LogP contribution in [0.25, 0.3) is 16.5 Å². The van der Waals surface area contributed by atoms with Crippen molar-refractivity contribution in [2.75, 3.05) is 19.0 Å². The summed E-state index contributed by atoms with van der Waals surface area (Å²) in [6, 6.07) is 16.1. The Morgan fingerprint density at radius 2 is 1.76 bits per heavy atom. The molecule has 9 nitrogen and oxygen atoms in total. The second-order valence-corrected chi connectivity index (χ2v) is 8.36. The van der Waals surface area contributed by atoms with E-state index in [4.69, 9.17) is 9.84 Å². The van der Waals surface area contributed by atoms with Crippen LogP contribution in [0.5, 0.6) is 5.75 Å². The lowest BCUT2D eigenvalue weighted by Crippen LogP contribution is -2.38. The number of imide groups is 1. The Hall–Kier alpha value is -4.44. The second-order valence-electron chi connectivity index (χ2n) is 7.24. The molecule has 0 bridgehead atoms. The van der Waals surface area contributed by atoms with Crippen LogP contribution >= 0.6 is 11.3 Å². The van der Waals surface area contributed by atoms with Crippen LogP contribution < -0.4 is 15.4 Å². The quantitative estimate of drug-likeness (QED) is 0.352. The zero-order chi connectivity index (χ0) is 24.2.